The number of unbranched alkanes of at least 4 members (excludes halogenated alkanes) is 3. The lowest BCUT2D eigenvalue weighted by Gasteiger charge is -2.33. The molecule has 1 aliphatic rings. The fourth-order valence-corrected chi connectivity index (χ4v) is 2.92. The maximum Gasteiger partial charge on any atom is 0.323 e. The van der Waals surface area contributed by atoms with E-state index in [0.29, 0.717) is 6.54 Å². The Morgan fingerprint density at radius 2 is 1.83 bits per heavy atom. The molecule has 2 amide bonds. The van der Waals surface area contributed by atoms with E-state index in [4.69, 9.17) is 5.11 Å². The molecule has 0 atom stereocenters. The average molecular weight is 341 g/mol. The number of hydrogen-bond donors (Lipinski definition) is 3. The summed E-state index contributed by atoms with van der Waals surface area (Å²) in [6.07, 6.45) is 6.05. The summed E-state index contributed by atoms with van der Waals surface area (Å²) in [4.78, 5) is 36.6. The lowest BCUT2D eigenvalue weighted by atomic mass is 10.0. The maximum atomic E-state index is 12.4. The van der Waals surface area contributed by atoms with Gasteiger partial charge < -0.3 is 20.6 Å². The Bertz CT molecular complexity index is 409. The summed E-state index contributed by atoms with van der Waals surface area (Å²) in [6.45, 7) is 4.05. The predicted molar refractivity (Wildman–Crippen MR) is 91.6 cm³/mol. The number of aliphatic carboxylic acids is 1. The van der Waals surface area contributed by atoms with Gasteiger partial charge in [-0.2, -0.15) is 0 Å². The topological polar surface area (TPSA) is 98.7 Å². The van der Waals surface area contributed by atoms with Crippen LogP contribution in [-0.4, -0.2) is 60.0 Å². The number of carboxylic acid groups (broad SMARTS) is 1. The van der Waals surface area contributed by atoms with E-state index < -0.39 is 5.97 Å². The van der Waals surface area contributed by atoms with Crippen molar-refractivity contribution in [3.8, 4) is 0 Å². The highest BCUT2D eigenvalue weighted by Gasteiger charge is 2.27. The molecule has 0 radical (unpaired) electrons. The third kappa shape index (κ3) is 8.29. The first-order chi connectivity index (χ1) is 11.5. The SMILES string of the molecule is CCCCCCNC(=O)CCC(=O)N(CC(=O)O)C1CCNCC1. The van der Waals surface area contributed by atoms with Crippen LogP contribution < -0.4 is 10.6 Å². The fraction of sp³-hybridized carbons (Fsp3) is 0.824. The third-order valence-electron chi connectivity index (χ3n) is 4.29. The fourth-order valence-electron chi connectivity index (χ4n) is 2.92. The van der Waals surface area contributed by atoms with Gasteiger partial charge in [0.1, 0.15) is 6.54 Å². The van der Waals surface area contributed by atoms with Crippen molar-refractivity contribution in [1.82, 2.24) is 15.5 Å². The van der Waals surface area contributed by atoms with Gasteiger partial charge in [-0.05, 0) is 32.4 Å². The van der Waals surface area contributed by atoms with Crippen LogP contribution >= 0.6 is 0 Å². The van der Waals surface area contributed by atoms with Gasteiger partial charge >= 0.3 is 5.97 Å². The number of hydrogen-bond acceptors (Lipinski definition) is 4. The molecule has 1 aliphatic heterocycles. The van der Waals surface area contributed by atoms with Crippen molar-refractivity contribution >= 4 is 17.8 Å². The van der Waals surface area contributed by atoms with Crippen molar-refractivity contribution in [2.45, 2.75) is 64.3 Å². The van der Waals surface area contributed by atoms with E-state index in [2.05, 4.69) is 17.6 Å². The molecule has 0 aromatic heterocycles. The first kappa shape index (κ1) is 20.4. The van der Waals surface area contributed by atoms with Crippen molar-refractivity contribution in [2.75, 3.05) is 26.2 Å². The molecule has 1 fully saturated rings. The molecule has 0 bridgehead atoms. The second-order valence-corrected chi connectivity index (χ2v) is 6.31. The minimum absolute atomic E-state index is 0.0491. The lowest BCUT2D eigenvalue weighted by molar-refractivity contribution is -0.147. The van der Waals surface area contributed by atoms with Crippen LogP contribution in [0.4, 0.5) is 0 Å². The molecule has 0 aromatic carbocycles. The molecule has 0 saturated carbocycles. The highest BCUT2D eigenvalue weighted by Crippen LogP contribution is 2.14. The molecule has 1 saturated heterocycles. The molecule has 0 aromatic rings. The zero-order chi connectivity index (χ0) is 17.8. The highest BCUT2D eigenvalue weighted by molar-refractivity contribution is 5.86. The molecule has 0 spiro atoms. The van der Waals surface area contributed by atoms with E-state index in [0.717, 1.165) is 51.6 Å². The van der Waals surface area contributed by atoms with Gasteiger partial charge in [-0.3, -0.25) is 14.4 Å². The van der Waals surface area contributed by atoms with Crippen molar-refractivity contribution in [2.24, 2.45) is 0 Å². The van der Waals surface area contributed by atoms with E-state index in [1.807, 2.05) is 0 Å². The van der Waals surface area contributed by atoms with Crippen molar-refractivity contribution in [3.05, 3.63) is 0 Å². The first-order valence-electron chi connectivity index (χ1n) is 9.03. The van der Waals surface area contributed by atoms with Gasteiger partial charge in [0.15, 0.2) is 0 Å². The largest absolute Gasteiger partial charge is 0.480 e. The van der Waals surface area contributed by atoms with E-state index in [1.54, 1.807) is 0 Å². The molecule has 3 N–H and O–H groups in total. The molecule has 0 aliphatic carbocycles. The number of carbonyl (C=O) groups is 3. The van der Waals surface area contributed by atoms with Crippen LogP contribution in [0.2, 0.25) is 0 Å². The standard InChI is InChI=1S/C17H31N3O4/c1-2-3-4-5-10-19-15(21)6-7-16(22)20(13-17(23)24)14-8-11-18-12-9-14/h14,18H,2-13H2,1H3,(H,19,21)(H,23,24). The monoisotopic (exact) mass is 341 g/mol. The van der Waals surface area contributed by atoms with Crippen molar-refractivity contribution < 1.29 is 19.5 Å². The Morgan fingerprint density at radius 3 is 2.46 bits per heavy atom. The third-order valence-corrected chi connectivity index (χ3v) is 4.29. The smallest absolute Gasteiger partial charge is 0.323 e. The van der Waals surface area contributed by atoms with E-state index >= 15 is 0 Å². The number of carboxylic acids is 1. The van der Waals surface area contributed by atoms with Gasteiger partial charge in [-0.25, -0.2) is 0 Å². The Balaban J connectivity index is 2.35. The maximum absolute atomic E-state index is 12.4. The van der Waals surface area contributed by atoms with E-state index in [-0.39, 0.29) is 37.2 Å². The lowest BCUT2D eigenvalue weighted by Crippen LogP contribution is -2.48. The summed E-state index contributed by atoms with van der Waals surface area (Å²) in [7, 11) is 0. The van der Waals surface area contributed by atoms with Crippen LogP contribution in [0.3, 0.4) is 0 Å². The van der Waals surface area contributed by atoms with Gasteiger partial charge in [0.05, 0.1) is 0 Å². The Hall–Kier alpha value is -1.63. The quantitative estimate of drug-likeness (QED) is 0.489. The number of amides is 2. The van der Waals surface area contributed by atoms with Crippen LogP contribution in [0, 0.1) is 0 Å². The van der Waals surface area contributed by atoms with E-state index in [1.165, 1.54) is 4.90 Å². The molecule has 7 heteroatoms. The van der Waals surface area contributed by atoms with E-state index in [9.17, 15) is 14.4 Å². The molecular formula is C17H31N3O4. The summed E-state index contributed by atoms with van der Waals surface area (Å²) in [5.41, 5.74) is 0. The minimum Gasteiger partial charge on any atom is -0.480 e. The van der Waals surface area contributed by atoms with Crippen LogP contribution in [-0.2, 0) is 14.4 Å². The summed E-state index contributed by atoms with van der Waals surface area (Å²) in [6, 6.07) is -0.0491. The number of rotatable bonds is 11. The Morgan fingerprint density at radius 1 is 1.12 bits per heavy atom. The second-order valence-electron chi connectivity index (χ2n) is 6.31. The average Bonchev–Trinajstić information content (AvgIpc) is 2.58. The molecule has 0 unspecified atom stereocenters. The van der Waals surface area contributed by atoms with Crippen LogP contribution in [0.25, 0.3) is 0 Å². The van der Waals surface area contributed by atoms with Gasteiger partial charge in [0.2, 0.25) is 11.8 Å². The summed E-state index contributed by atoms with van der Waals surface area (Å²) in [5.74, 6) is -1.40. The summed E-state index contributed by atoms with van der Waals surface area (Å²) >= 11 is 0. The minimum atomic E-state index is -1.01. The van der Waals surface area contributed by atoms with Gasteiger partial charge in [0, 0.05) is 25.4 Å². The highest BCUT2D eigenvalue weighted by atomic mass is 16.4. The second kappa shape index (κ2) is 11.8. The summed E-state index contributed by atoms with van der Waals surface area (Å²) < 4.78 is 0. The van der Waals surface area contributed by atoms with Crippen molar-refractivity contribution in [1.29, 1.82) is 0 Å². The van der Waals surface area contributed by atoms with Crippen LogP contribution in [0.15, 0.2) is 0 Å². The van der Waals surface area contributed by atoms with Gasteiger partial charge in [-0.1, -0.05) is 26.2 Å². The summed E-state index contributed by atoms with van der Waals surface area (Å²) in [5, 5.41) is 15.1. The van der Waals surface area contributed by atoms with Crippen LogP contribution in [0.1, 0.15) is 58.3 Å². The molecule has 24 heavy (non-hydrogen) atoms. The first-order valence-corrected chi connectivity index (χ1v) is 9.03. The number of nitrogens with zero attached hydrogens (tertiary/aromatic N) is 1. The molecular weight excluding hydrogens is 310 g/mol. The molecule has 138 valence electrons. The Labute approximate surface area is 144 Å². The molecule has 1 heterocycles. The van der Waals surface area contributed by atoms with Gasteiger partial charge in [-0.15, -0.1) is 0 Å². The number of nitrogens with one attached hydrogen (secondary N) is 2. The Kier molecular flexibility index (Phi) is 10.1. The van der Waals surface area contributed by atoms with Crippen molar-refractivity contribution in [3.63, 3.8) is 0 Å². The zero-order valence-corrected chi connectivity index (χ0v) is 14.7. The number of piperidine rings is 1. The van der Waals surface area contributed by atoms with Crippen LogP contribution in [0.5, 0.6) is 0 Å². The normalized spacial score (nSPS) is 15.0. The number of carbonyl (C=O) groups excluding carboxylic acids is 2. The predicted octanol–water partition coefficient (Wildman–Crippen LogP) is 1.13. The van der Waals surface area contributed by atoms with Gasteiger partial charge in [0.25, 0.3) is 0 Å². The zero-order valence-electron chi connectivity index (χ0n) is 14.7. The molecule has 7 nitrogen and oxygen atoms in total. The molecule has 1 rings (SSSR count).